The molecule has 2 heterocycles. The van der Waals surface area contributed by atoms with E-state index in [0.29, 0.717) is 0 Å². The van der Waals surface area contributed by atoms with Gasteiger partial charge in [-0.25, -0.2) is 4.98 Å². The van der Waals surface area contributed by atoms with Crippen molar-refractivity contribution in [3.8, 4) is 0 Å². The largest absolute Gasteiger partial charge is 0.332 e. The van der Waals surface area contributed by atoms with Crippen molar-refractivity contribution in [2.24, 2.45) is 0 Å². The van der Waals surface area contributed by atoms with Gasteiger partial charge in [-0.2, -0.15) is 0 Å². The molecule has 1 amide bonds. The molecule has 0 aliphatic carbocycles. The summed E-state index contributed by atoms with van der Waals surface area (Å²) in [5, 5.41) is 0.974. The average Bonchev–Trinajstić information content (AvgIpc) is 2.75. The van der Waals surface area contributed by atoms with Gasteiger partial charge in [0, 0.05) is 23.2 Å². The summed E-state index contributed by atoms with van der Waals surface area (Å²) in [6, 6.07) is 24.1. The molecular formula is C23H22N2OS. The molecule has 1 saturated heterocycles. The van der Waals surface area contributed by atoms with E-state index >= 15 is 0 Å². The summed E-state index contributed by atoms with van der Waals surface area (Å²) in [6.07, 6.45) is 5.13. The molecule has 3 aromatic rings. The van der Waals surface area contributed by atoms with Gasteiger partial charge in [0.25, 0.3) is 5.91 Å². The van der Waals surface area contributed by atoms with Gasteiger partial charge >= 0.3 is 0 Å². The van der Waals surface area contributed by atoms with E-state index in [-0.39, 0.29) is 11.9 Å². The summed E-state index contributed by atoms with van der Waals surface area (Å²) < 4.78 is 0. The molecular weight excluding hydrogens is 352 g/mol. The number of pyridine rings is 1. The van der Waals surface area contributed by atoms with E-state index in [4.69, 9.17) is 0 Å². The van der Waals surface area contributed by atoms with Gasteiger partial charge in [-0.05, 0) is 55.2 Å². The lowest BCUT2D eigenvalue weighted by atomic mass is 9.95. The molecule has 0 unspecified atom stereocenters. The van der Waals surface area contributed by atoms with Crippen LogP contribution in [0.15, 0.2) is 88.9 Å². The van der Waals surface area contributed by atoms with Crippen LogP contribution in [0.4, 0.5) is 0 Å². The van der Waals surface area contributed by atoms with Crippen LogP contribution in [-0.2, 0) is 0 Å². The highest BCUT2D eigenvalue weighted by Gasteiger charge is 2.28. The summed E-state index contributed by atoms with van der Waals surface area (Å²) in [5.74, 6) is 0.114. The predicted molar refractivity (Wildman–Crippen MR) is 109 cm³/mol. The first-order valence-corrected chi connectivity index (χ1v) is 10.2. The fourth-order valence-corrected chi connectivity index (χ4v) is 4.30. The number of amides is 1. The van der Waals surface area contributed by atoms with Gasteiger partial charge < -0.3 is 4.90 Å². The standard InChI is InChI=1S/C23H22N2OS/c26-23(18-9-3-1-4-10-18)25-16-8-7-13-21(25)19-14-15-22(24-17-19)27-20-11-5-2-6-12-20/h1-6,9-12,14-15,17,21H,7-8,13,16H2/t21-/m0/s1. The number of likely N-dealkylation sites (tertiary alicyclic amines) is 1. The second-order valence-corrected chi connectivity index (χ2v) is 7.81. The fraction of sp³-hybridized carbons (Fsp3) is 0.217. The quantitative estimate of drug-likeness (QED) is 0.596. The molecule has 0 radical (unpaired) electrons. The van der Waals surface area contributed by atoms with Crippen molar-refractivity contribution in [1.29, 1.82) is 0 Å². The molecule has 3 nitrogen and oxygen atoms in total. The Morgan fingerprint density at radius 3 is 2.37 bits per heavy atom. The zero-order valence-corrected chi connectivity index (χ0v) is 15.9. The topological polar surface area (TPSA) is 33.2 Å². The average molecular weight is 375 g/mol. The molecule has 4 heteroatoms. The van der Waals surface area contributed by atoms with Gasteiger partial charge in [-0.3, -0.25) is 4.79 Å². The van der Waals surface area contributed by atoms with Crippen LogP contribution in [0.5, 0.6) is 0 Å². The first-order valence-electron chi connectivity index (χ1n) is 9.36. The van der Waals surface area contributed by atoms with Crippen LogP contribution in [0.2, 0.25) is 0 Å². The monoisotopic (exact) mass is 374 g/mol. The lowest BCUT2D eigenvalue weighted by Gasteiger charge is -2.36. The Bertz CT molecular complexity index is 881. The molecule has 0 N–H and O–H groups in total. The van der Waals surface area contributed by atoms with E-state index in [0.717, 1.165) is 42.0 Å². The number of aromatic nitrogens is 1. The van der Waals surface area contributed by atoms with Crippen LogP contribution >= 0.6 is 11.8 Å². The molecule has 0 bridgehead atoms. The Labute approximate surface area is 164 Å². The van der Waals surface area contributed by atoms with Crippen LogP contribution in [0, 0.1) is 0 Å². The van der Waals surface area contributed by atoms with E-state index < -0.39 is 0 Å². The van der Waals surface area contributed by atoms with E-state index in [2.05, 4.69) is 29.2 Å². The smallest absolute Gasteiger partial charge is 0.254 e. The van der Waals surface area contributed by atoms with E-state index in [9.17, 15) is 4.79 Å². The number of piperidine rings is 1. The molecule has 0 saturated carbocycles. The van der Waals surface area contributed by atoms with Gasteiger partial charge in [-0.1, -0.05) is 54.2 Å². The Morgan fingerprint density at radius 2 is 1.67 bits per heavy atom. The number of carbonyl (C=O) groups is 1. The lowest BCUT2D eigenvalue weighted by molar-refractivity contribution is 0.0611. The third kappa shape index (κ3) is 4.22. The van der Waals surface area contributed by atoms with Crippen LogP contribution < -0.4 is 0 Å². The van der Waals surface area contributed by atoms with Gasteiger partial charge in [0.1, 0.15) is 5.03 Å². The van der Waals surface area contributed by atoms with Crippen molar-refractivity contribution in [3.63, 3.8) is 0 Å². The van der Waals surface area contributed by atoms with Crippen LogP contribution in [-0.4, -0.2) is 22.3 Å². The minimum absolute atomic E-state index is 0.106. The maximum atomic E-state index is 13.0. The van der Waals surface area contributed by atoms with Gasteiger partial charge in [0.2, 0.25) is 0 Å². The van der Waals surface area contributed by atoms with Crippen LogP contribution in [0.25, 0.3) is 0 Å². The third-order valence-electron chi connectivity index (χ3n) is 4.89. The Morgan fingerprint density at radius 1 is 0.926 bits per heavy atom. The predicted octanol–water partition coefficient (Wildman–Crippen LogP) is 5.60. The van der Waals surface area contributed by atoms with Crippen molar-refractivity contribution in [3.05, 3.63) is 90.1 Å². The summed E-state index contributed by atoms with van der Waals surface area (Å²) >= 11 is 1.66. The lowest BCUT2D eigenvalue weighted by Crippen LogP contribution is -2.38. The highest BCUT2D eigenvalue weighted by atomic mass is 32.2. The minimum atomic E-state index is 0.106. The summed E-state index contributed by atoms with van der Waals surface area (Å²) in [5.41, 5.74) is 1.88. The normalized spacial score (nSPS) is 16.9. The molecule has 1 fully saturated rings. The summed E-state index contributed by atoms with van der Waals surface area (Å²) in [4.78, 5) is 20.8. The van der Waals surface area contributed by atoms with Gasteiger partial charge in [0.15, 0.2) is 0 Å². The molecule has 27 heavy (non-hydrogen) atoms. The number of carbonyl (C=O) groups excluding carboxylic acids is 1. The van der Waals surface area contributed by atoms with Crippen molar-refractivity contribution >= 4 is 17.7 Å². The fourth-order valence-electron chi connectivity index (χ4n) is 3.53. The van der Waals surface area contributed by atoms with Gasteiger partial charge in [-0.15, -0.1) is 0 Å². The first kappa shape index (κ1) is 17.8. The number of hydrogen-bond acceptors (Lipinski definition) is 3. The van der Waals surface area contributed by atoms with E-state index in [1.165, 1.54) is 4.90 Å². The van der Waals surface area contributed by atoms with Crippen molar-refractivity contribution in [2.75, 3.05) is 6.54 Å². The van der Waals surface area contributed by atoms with Crippen molar-refractivity contribution in [1.82, 2.24) is 9.88 Å². The van der Waals surface area contributed by atoms with E-state index in [1.807, 2.05) is 59.6 Å². The minimum Gasteiger partial charge on any atom is -0.332 e. The number of hydrogen-bond donors (Lipinski definition) is 0. The zero-order chi connectivity index (χ0) is 18.5. The third-order valence-corrected chi connectivity index (χ3v) is 5.85. The van der Waals surface area contributed by atoms with E-state index in [1.54, 1.807) is 11.8 Å². The molecule has 2 aromatic carbocycles. The SMILES string of the molecule is O=C(c1ccccc1)N1CCCC[C@H]1c1ccc(Sc2ccccc2)nc1. The Balaban J connectivity index is 1.52. The maximum Gasteiger partial charge on any atom is 0.254 e. The molecule has 1 aliphatic heterocycles. The molecule has 4 rings (SSSR count). The van der Waals surface area contributed by atoms with Gasteiger partial charge in [0.05, 0.1) is 6.04 Å². The molecule has 0 spiro atoms. The summed E-state index contributed by atoms with van der Waals surface area (Å²) in [7, 11) is 0. The number of nitrogens with zero attached hydrogens (tertiary/aromatic N) is 2. The zero-order valence-electron chi connectivity index (χ0n) is 15.1. The second-order valence-electron chi connectivity index (χ2n) is 6.72. The highest BCUT2D eigenvalue weighted by Crippen LogP contribution is 2.33. The molecule has 136 valence electrons. The first-order chi connectivity index (χ1) is 13.3. The Hall–Kier alpha value is -2.59. The van der Waals surface area contributed by atoms with Crippen molar-refractivity contribution < 1.29 is 4.79 Å². The number of rotatable bonds is 4. The molecule has 1 aliphatic rings. The maximum absolute atomic E-state index is 13.0. The Kier molecular flexibility index (Phi) is 5.54. The highest BCUT2D eigenvalue weighted by molar-refractivity contribution is 7.99. The van der Waals surface area contributed by atoms with Crippen molar-refractivity contribution in [2.45, 2.75) is 35.2 Å². The second kappa shape index (κ2) is 8.40. The van der Waals surface area contributed by atoms with Crippen LogP contribution in [0.1, 0.15) is 41.2 Å². The molecule has 1 atom stereocenters. The number of benzene rings is 2. The molecule has 1 aromatic heterocycles. The summed E-state index contributed by atoms with van der Waals surface area (Å²) in [6.45, 7) is 0.804. The van der Waals surface area contributed by atoms with Crippen LogP contribution in [0.3, 0.4) is 0 Å².